The van der Waals surface area contributed by atoms with Gasteiger partial charge in [0.15, 0.2) is 0 Å². The van der Waals surface area contributed by atoms with E-state index in [1.165, 1.54) is 0 Å². The molecular formula is C23H21BrN2O3. The first-order valence-electron chi connectivity index (χ1n) is 9.23. The zero-order valence-electron chi connectivity index (χ0n) is 16.2. The van der Waals surface area contributed by atoms with E-state index in [4.69, 9.17) is 19.3 Å². The van der Waals surface area contributed by atoms with Crippen molar-refractivity contribution in [3.05, 3.63) is 82.3 Å². The predicted octanol–water partition coefficient (Wildman–Crippen LogP) is 5.81. The van der Waals surface area contributed by atoms with E-state index < -0.39 is 0 Å². The highest BCUT2D eigenvalue weighted by Gasteiger charge is 2.27. The van der Waals surface area contributed by atoms with Crippen LogP contribution >= 0.6 is 15.9 Å². The van der Waals surface area contributed by atoms with Crippen LogP contribution in [-0.4, -0.2) is 19.9 Å². The number of hydrogen-bond acceptors (Lipinski definition) is 5. The first-order valence-corrected chi connectivity index (χ1v) is 10.0. The van der Waals surface area contributed by atoms with Crippen LogP contribution in [0.1, 0.15) is 23.7 Å². The first-order chi connectivity index (χ1) is 14.2. The quantitative estimate of drug-likeness (QED) is 0.496. The normalized spacial score (nSPS) is 16.7. The van der Waals surface area contributed by atoms with Crippen LogP contribution in [0.5, 0.6) is 17.2 Å². The highest BCUT2D eigenvalue weighted by atomic mass is 79.9. The monoisotopic (exact) mass is 452 g/mol. The maximum Gasteiger partial charge on any atom is 0.133 e. The average Bonchev–Trinajstić information content (AvgIpc) is 2.78. The van der Waals surface area contributed by atoms with E-state index in [-0.39, 0.29) is 6.10 Å². The summed E-state index contributed by atoms with van der Waals surface area (Å²) in [7, 11) is 3.31. The molecule has 1 unspecified atom stereocenters. The van der Waals surface area contributed by atoms with Gasteiger partial charge in [-0.2, -0.15) is 5.10 Å². The Labute approximate surface area is 178 Å². The Bertz CT molecular complexity index is 1020. The van der Waals surface area contributed by atoms with Crippen LogP contribution in [0.2, 0.25) is 0 Å². The zero-order chi connectivity index (χ0) is 20.2. The molecule has 1 heterocycles. The van der Waals surface area contributed by atoms with Crippen molar-refractivity contribution in [1.82, 2.24) is 0 Å². The van der Waals surface area contributed by atoms with Crippen LogP contribution in [-0.2, 0) is 0 Å². The lowest BCUT2D eigenvalue weighted by Gasteiger charge is -2.28. The summed E-state index contributed by atoms with van der Waals surface area (Å²) in [5.41, 5.74) is 7.03. The van der Waals surface area contributed by atoms with Crippen LogP contribution in [0.4, 0.5) is 5.69 Å². The molecule has 0 bridgehead atoms. The molecule has 4 rings (SSSR count). The van der Waals surface area contributed by atoms with Gasteiger partial charge in [0.05, 0.1) is 25.6 Å². The van der Waals surface area contributed by atoms with Crippen molar-refractivity contribution in [3.8, 4) is 17.2 Å². The molecule has 0 saturated heterocycles. The zero-order valence-corrected chi connectivity index (χ0v) is 17.8. The first kappa shape index (κ1) is 19.3. The van der Waals surface area contributed by atoms with Crippen molar-refractivity contribution in [1.29, 1.82) is 0 Å². The molecule has 0 amide bonds. The summed E-state index contributed by atoms with van der Waals surface area (Å²) < 4.78 is 18.0. The van der Waals surface area contributed by atoms with Gasteiger partial charge in [0, 0.05) is 22.5 Å². The lowest BCUT2D eigenvalue weighted by molar-refractivity contribution is 0.205. The van der Waals surface area contributed by atoms with E-state index in [2.05, 4.69) is 21.4 Å². The fourth-order valence-corrected chi connectivity index (χ4v) is 3.48. The third-order valence-electron chi connectivity index (χ3n) is 4.80. The van der Waals surface area contributed by atoms with Gasteiger partial charge in [-0.25, -0.2) is 0 Å². The summed E-state index contributed by atoms with van der Waals surface area (Å²) in [6.07, 6.45) is 0.501. The van der Waals surface area contributed by atoms with Crippen LogP contribution in [0.15, 0.2) is 76.3 Å². The average molecular weight is 453 g/mol. The van der Waals surface area contributed by atoms with Crippen LogP contribution in [0.3, 0.4) is 0 Å². The second kappa shape index (κ2) is 8.57. The van der Waals surface area contributed by atoms with Gasteiger partial charge in [0.25, 0.3) is 0 Å². The van der Waals surface area contributed by atoms with Gasteiger partial charge in [0.1, 0.15) is 23.4 Å². The lowest BCUT2D eigenvalue weighted by Crippen LogP contribution is -2.22. The Hall–Kier alpha value is -2.99. The molecule has 1 aliphatic heterocycles. The SMILES string of the molecule is COc1ccc(C2C/C(=N\Nc3ccc(Br)cc3)c3ccc(OC)cc3O2)cc1. The number of fused-ring (bicyclic) bond motifs is 1. The number of methoxy groups -OCH3 is 2. The van der Waals surface area contributed by atoms with Gasteiger partial charge < -0.3 is 14.2 Å². The van der Waals surface area contributed by atoms with Gasteiger partial charge in [-0.05, 0) is 54.1 Å². The molecule has 0 fully saturated rings. The predicted molar refractivity (Wildman–Crippen MR) is 118 cm³/mol. The Kier molecular flexibility index (Phi) is 5.71. The van der Waals surface area contributed by atoms with E-state index in [9.17, 15) is 0 Å². The molecule has 1 N–H and O–H groups in total. The lowest BCUT2D eigenvalue weighted by atomic mass is 9.95. The number of hydrazone groups is 1. The molecule has 0 aliphatic carbocycles. The molecular weight excluding hydrogens is 432 g/mol. The molecule has 5 nitrogen and oxygen atoms in total. The number of nitrogens with zero attached hydrogens (tertiary/aromatic N) is 1. The number of ether oxygens (including phenoxy) is 3. The third-order valence-corrected chi connectivity index (χ3v) is 5.33. The van der Waals surface area contributed by atoms with E-state index in [0.29, 0.717) is 6.42 Å². The topological polar surface area (TPSA) is 52.1 Å². The number of hydrogen-bond donors (Lipinski definition) is 1. The molecule has 0 aromatic heterocycles. The standard InChI is InChI=1S/C23H21BrN2O3/c1-27-18-9-3-15(4-10-18)22-14-21(26-25-17-7-5-16(24)6-8-17)20-12-11-19(28-2)13-23(20)29-22/h3-13,22,25H,14H2,1-2H3/b26-21+. The number of anilines is 1. The maximum absolute atomic E-state index is 6.30. The second-order valence-electron chi connectivity index (χ2n) is 6.62. The van der Waals surface area contributed by atoms with Crippen molar-refractivity contribution in [2.45, 2.75) is 12.5 Å². The Balaban J connectivity index is 1.66. The van der Waals surface area contributed by atoms with Crippen molar-refractivity contribution in [3.63, 3.8) is 0 Å². The molecule has 1 atom stereocenters. The smallest absolute Gasteiger partial charge is 0.133 e. The number of halogens is 1. The van der Waals surface area contributed by atoms with Gasteiger partial charge in [0.2, 0.25) is 0 Å². The fourth-order valence-electron chi connectivity index (χ4n) is 3.21. The summed E-state index contributed by atoms with van der Waals surface area (Å²) in [6, 6.07) is 21.6. The van der Waals surface area contributed by atoms with Gasteiger partial charge >= 0.3 is 0 Å². The maximum atomic E-state index is 6.30. The minimum Gasteiger partial charge on any atom is -0.497 e. The van der Waals surface area contributed by atoms with Crippen molar-refractivity contribution in [2.24, 2.45) is 5.10 Å². The van der Waals surface area contributed by atoms with Gasteiger partial charge in [-0.3, -0.25) is 5.43 Å². The summed E-state index contributed by atoms with van der Waals surface area (Å²) in [5.74, 6) is 2.32. The van der Waals surface area contributed by atoms with Gasteiger partial charge in [-0.15, -0.1) is 0 Å². The number of benzene rings is 3. The molecule has 0 spiro atoms. The molecule has 3 aromatic rings. The highest BCUT2D eigenvalue weighted by Crippen LogP contribution is 2.38. The van der Waals surface area contributed by atoms with E-state index in [1.807, 2.05) is 66.7 Å². The Morgan fingerprint density at radius 3 is 2.31 bits per heavy atom. The third kappa shape index (κ3) is 4.38. The molecule has 6 heteroatoms. The Morgan fingerprint density at radius 2 is 1.62 bits per heavy atom. The molecule has 148 valence electrons. The molecule has 0 radical (unpaired) electrons. The van der Waals surface area contributed by atoms with E-state index >= 15 is 0 Å². The molecule has 3 aromatic carbocycles. The minimum atomic E-state index is -0.147. The van der Waals surface area contributed by atoms with Crippen LogP contribution < -0.4 is 19.6 Å². The molecule has 29 heavy (non-hydrogen) atoms. The number of rotatable bonds is 5. The molecule has 0 saturated carbocycles. The van der Waals surface area contributed by atoms with Crippen LogP contribution in [0, 0.1) is 0 Å². The second-order valence-corrected chi connectivity index (χ2v) is 7.54. The van der Waals surface area contributed by atoms with Crippen molar-refractivity contribution >= 4 is 27.3 Å². The fraction of sp³-hybridized carbons (Fsp3) is 0.174. The molecule has 1 aliphatic rings. The summed E-state index contributed by atoms with van der Waals surface area (Å²) in [6.45, 7) is 0. The van der Waals surface area contributed by atoms with Crippen molar-refractivity contribution in [2.75, 3.05) is 19.6 Å². The van der Waals surface area contributed by atoms with Crippen LogP contribution in [0.25, 0.3) is 0 Å². The van der Waals surface area contributed by atoms with E-state index in [1.54, 1.807) is 14.2 Å². The summed E-state index contributed by atoms with van der Waals surface area (Å²) in [4.78, 5) is 0. The van der Waals surface area contributed by atoms with Crippen molar-refractivity contribution < 1.29 is 14.2 Å². The highest BCUT2D eigenvalue weighted by molar-refractivity contribution is 9.10. The largest absolute Gasteiger partial charge is 0.497 e. The minimum absolute atomic E-state index is 0.147. The number of nitrogens with one attached hydrogen (secondary N) is 1. The summed E-state index contributed by atoms with van der Waals surface area (Å²) in [5, 5.41) is 4.70. The summed E-state index contributed by atoms with van der Waals surface area (Å²) >= 11 is 3.45. The Morgan fingerprint density at radius 1 is 0.931 bits per heavy atom. The van der Waals surface area contributed by atoms with Gasteiger partial charge in [-0.1, -0.05) is 28.1 Å². The van der Waals surface area contributed by atoms with E-state index in [0.717, 1.165) is 44.2 Å².